The van der Waals surface area contributed by atoms with Crippen LogP contribution in [-0.4, -0.2) is 57.9 Å². The number of methoxy groups -OCH3 is 2. The summed E-state index contributed by atoms with van der Waals surface area (Å²) < 4.78 is 13.3. The normalized spacial score (nSPS) is 10.9. The zero-order valence-electron chi connectivity index (χ0n) is 17.2. The minimum Gasteiger partial charge on any atom is -0.468 e. The van der Waals surface area contributed by atoms with Gasteiger partial charge in [-0.25, -0.2) is 14.3 Å². The first-order chi connectivity index (χ1) is 15.0. The van der Waals surface area contributed by atoms with Crippen molar-refractivity contribution in [1.82, 2.24) is 24.0 Å². The van der Waals surface area contributed by atoms with E-state index >= 15 is 0 Å². The summed E-state index contributed by atoms with van der Waals surface area (Å²) >= 11 is 0. The van der Waals surface area contributed by atoms with Crippen LogP contribution in [0.5, 0.6) is 0 Å². The molecule has 1 amide bonds. The number of aromatic nitrogens is 4. The average Bonchev–Trinajstić information content (AvgIpc) is 3.21. The molecular weight excluding hydrogens is 406 g/mol. The molecule has 0 aliphatic carbocycles. The first-order valence-corrected chi connectivity index (χ1v) is 9.51. The summed E-state index contributed by atoms with van der Waals surface area (Å²) in [5.41, 5.74) is -0.0788. The van der Waals surface area contributed by atoms with E-state index in [4.69, 9.17) is 4.74 Å². The number of nitrogens with one attached hydrogen (secondary N) is 1. The van der Waals surface area contributed by atoms with Crippen molar-refractivity contribution in [2.45, 2.75) is 19.6 Å². The maximum atomic E-state index is 13.1. The largest absolute Gasteiger partial charge is 0.468 e. The van der Waals surface area contributed by atoms with E-state index in [0.29, 0.717) is 13.2 Å². The summed E-state index contributed by atoms with van der Waals surface area (Å²) in [5, 5.41) is 2.33. The number of fused-ring (bicyclic) bond motifs is 1. The quantitative estimate of drug-likeness (QED) is 0.448. The summed E-state index contributed by atoms with van der Waals surface area (Å²) in [6.45, 7) is -0.0602. The summed E-state index contributed by atoms with van der Waals surface area (Å²) in [7, 11) is 2.73. The highest BCUT2D eigenvalue weighted by Crippen LogP contribution is 2.09. The van der Waals surface area contributed by atoms with Crippen LogP contribution in [0.1, 0.15) is 5.56 Å². The SMILES string of the molecule is COCCn1cnc2c1c(=O)n(CC(=O)NCC(=O)OC)c(=O)n2Cc1ccccc1. The monoisotopic (exact) mass is 429 g/mol. The second kappa shape index (κ2) is 9.85. The maximum absolute atomic E-state index is 13.1. The van der Waals surface area contributed by atoms with Gasteiger partial charge >= 0.3 is 11.7 Å². The fraction of sp³-hybridized carbons (Fsp3) is 0.350. The van der Waals surface area contributed by atoms with Gasteiger partial charge in [0.1, 0.15) is 13.1 Å². The highest BCUT2D eigenvalue weighted by Gasteiger charge is 2.20. The van der Waals surface area contributed by atoms with E-state index in [9.17, 15) is 19.2 Å². The Balaban J connectivity index is 2.07. The number of ether oxygens (including phenoxy) is 2. The number of hydrogen-bond donors (Lipinski definition) is 1. The Bertz CT molecular complexity index is 1190. The first kappa shape index (κ1) is 22.0. The van der Waals surface area contributed by atoms with Gasteiger partial charge in [-0.1, -0.05) is 30.3 Å². The molecule has 0 aliphatic rings. The van der Waals surface area contributed by atoms with Gasteiger partial charge in [-0.05, 0) is 5.56 Å². The molecule has 1 N–H and O–H groups in total. The molecule has 0 radical (unpaired) electrons. The topological polar surface area (TPSA) is 126 Å². The molecule has 11 nitrogen and oxygen atoms in total. The van der Waals surface area contributed by atoms with Gasteiger partial charge in [0.15, 0.2) is 11.2 Å². The number of rotatable bonds is 9. The predicted molar refractivity (Wildman–Crippen MR) is 111 cm³/mol. The van der Waals surface area contributed by atoms with Crippen LogP contribution in [0.15, 0.2) is 46.2 Å². The Morgan fingerprint density at radius 3 is 2.52 bits per heavy atom. The molecule has 3 rings (SSSR count). The van der Waals surface area contributed by atoms with Crippen molar-refractivity contribution in [1.29, 1.82) is 0 Å². The van der Waals surface area contributed by atoms with E-state index in [1.54, 1.807) is 4.57 Å². The molecule has 0 aliphatic heterocycles. The van der Waals surface area contributed by atoms with Gasteiger partial charge in [-0.2, -0.15) is 0 Å². The van der Waals surface area contributed by atoms with Crippen molar-refractivity contribution in [3.8, 4) is 0 Å². The highest BCUT2D eigenvalue weighted by molar-refractivity contribution is 5.82. The molecule has 11 heteroatoms. The molecule has 0 saturated carbocycles. The van der Waals surface area contributed by atoms with Crippen LogP contribution in [0, 0.1) is 0 Å². The molecule has 164 valence electrons. The van der Waals surface area contributed by atoms with Gasteiger partial charge in [-0.15, -0.1) is 0 Å². The number of carbonyl (C=O) groups excluding carboxylic acids is 2. The summed E-state index contributed by atoms with van der Waals surface area (Å²) in [6, 6.07) is 9.22. The lowest BCUT2D eigenvalue weighted by atomic mass is 10.2. The summed E-state index contributed by atoms with van der Waals surface area (Å²) in [5.74, 6) is -1.31. The van der Waals surface area contributed by atoms with Gasteiger partial charge < -0.3 is 19.4 Å². The van der Waals surface area contributed by atoms with Crippen molar-refractivity contribution in [3.05, 3.63) is 63.1 Å². The first-order valence-electron chi connectivity index (χ1n) is 9.51. The van der Waals surface area contributed by atoms with E-state index in [0.717, 1.165) is 10.1 Å². The van der Waals surface area contributed by atoms with E-state index < -0.39 is 29.7 Å². The Morgan fingerprint density at radius 2 is 1.84 bits per heavy atom. The van der Waals surface area contributed by atoms with Gasteiger partial charge in [0.25, 0.3) is 5.56 Å². The van der Waals surface area contributed by atoms with Crippen LogP contribution in [0.4, 0.5) is 0 Å². The Kier molecular flexibility index (Phi) is 6.98. The molecule has 31 heavy (non-hydrogen) atoms. The predicted octanol–water partition coefficient (Wildman–Crippen LogP) is -0.656. The zero-order valence-corrected chi connectivity index (χ0v) is 17.2. The molecule has 0 spiro atoms. The van der Waals surface area contributed by atoms with Crippen molar-refractivity contribution in [2.75, 3.05) is 27.4 Å². The summed E-state index contributed by atoms with van der Waals surface area (Å²) in [4.78, 5) is 54.0. The number of benzene rings is 1. The number of carbonyl (C=O) groups is 2. The van der Waals surface area contributed by atoms with Crippen molar-refractivity contribution >= 4 is 23.0 Å². The number of nitrogens with zero attached hydrogens (tertiary/aromatic N) is 4. The molecule has 0 saturated heterocycles. The maximum Gasteiger partial charge on any atom is 0.333 e. The van der Waals surface area contributed by atoms with E-state index in [1.165, 1.54) is 25.1 Å². The Hall–Kier alpha value is -3.73. The lowest BCUT2D eigenvalue weighted by Gasteiger charge is -2.13. The van der Waals surface area contributed by atoms with Crippen LogP contribution in [0.3, 0.4) is 0 Å². The van der Waals surface area contributed by atoms with Crippen LogP contribution < -0.4 is 16.6 Å². The fourth-order valence-corrected chi connectivity index (χ4v) is 3.09. The molecular formula is C20H23N5O6. The molecule has 2 heterocycles. The molecule has 1 aromatic carbocycles. The molecule has 3 aromatic rings. The van der Waals surface area contributed by atoms with Gasteiger partial charge in [0.05, 0.1) is 26.6 Å². The van der Waals surface area contributed by atoms with Crippen molar-refractivity contribution < 1.29 is 19.1 Å². The standard InChI is InChI=1S/C20H23N5O6/c1-30-9-8-23-13-22-18-17(23)19(28)25(12-15(26)21-10-16(27)31-2)20(29)24(18)11-14-6-4-3-5-7-14/h3-7,13H,8-12H2,1-2H3,(H,21,26). The van der Waals surface area contributed by atoms with Gasteiger partial charge in [-0.3, -0.25) is 19.0 Å². The van der Waals surface area contributed by atoms with Gasteiger partial charge in [0.2, 0.25) is 5.91 Å². The van der Waals surface area contributed by atoms with Crippen LogP contribution in [0.25, 0.3) is 11.2 Å². The molecule has 2 aromatic heterocycles. The Morgan fingerprint density at radius 1 is 1.10 bits per heavy atom. The molecule has 0 unspecified atom stereocenters. The smallest absolute Gasteiger partial charge is 0.333 e. The summed E-state index contributed by atoms with van der Waals surface area (Å²) in [6.07, 6.45) is 1.47. The third kappa shape index (κ3) is 4.89. The fourth-order valence-electron chi connectivity index (χ4n) is 3.09. The van der Waals surface area contributed by atoms with Crippen molar-refractivity contribution in [3.63, 3.8) is 0 Å². The minimum absolute atomic E-state index is 0.168. The number of amides is 1. The van der Waals surface area contributed by atoms with Crippen LogP contribution in [0.2, 0.25) is 0 Å². The molecule has 0 bridgehead atoms. The highest BCUT2D eigenvalue weighted by atomic mass is 16.5. The second-order valence-corrected chi connectivity index (χ2v) is 6.70. The lowest BCUT2D eigenvalue weighted by molar-refractivity contribution is -0.141. The second-order valence-electron chi connectivity index (χ2n) is 6.70. The third-order valence-corrected chi connectivity index (χ3v) is 4.66. The van der Waals surface area contributed by atoms with Crippen molar-refractivity contribution in [2.24, 2.45) is 0 Å². The van der Waals surface area contributed by atoms with Gasteiger partial charge in [0, 0.05) is 13.7 Å². The van der Waals surface area contributed by atoms with E-state index in [1.807, 2.05) is 30.3 Å². The number of esters is 1. The van der Waals surface area contributed by atoms with E-state index in [2.05, 4.69) is 15.0 Å². The van der Waals surface area contributed by atoms with Crippen LogP contribution >= 0.6 is 0 Å². The zero-order chi connectivity index (χ0) is 22.4. The number of hydrogen-bond acceptors (Lipinski definition) is 7. The number of imidazole rings is 1. The third-order valence-electron chi connectivity index (χ3n) is 4.66. The average molecular weight is 429 g/mol. The molecule has 0 atom stereocenters. The lowest BCUT2D eigenvalue weighted by Crippen LogP contribution is -2.45. The van der Waals surface area contributed by atoms with E-state index in [-0.39, 0.29) is 24.3 Å². The van der Waals surface area contributed by atoms with Crippen LogP contribution in [-0.2, 0) is 38.7 Å². The minimum atomic E-state index is -0.674. The molecule has 0 fully saturated rings. The Labute approximate surface area is 176 Å².